The molecule has 0 radical (unpaired) electrons. The molecular formula is C12H13ClO. The topological polar surface area (TPSA) is 17.1 Å². The number of rotatable bonds is 1. The van der Waals surface area contributed by atoms with Crippen LogP contribution < -0.4 is 0 Å². The average molecular weight is 209 g/mol. The van der Waals surface area contributed by atoms with Crippen LogP contribution in [0.25, 0.3) is 0 Å². The summed E-state index contributed by atoms with van der Waals surface area (Å²) in [5.41, 5.74) is 3.29. The van der Waals surface area contributed by atoms with Crippen LogP contribution in [0.5, 0.6) is 0 Å². The minimum atomic E-state index is 0.688. The summed E-state index contributed by atoms with van der Waals surface area (Å²) >= 11 is 5.95. The predicted molar refractivity (Wildman–Crippen MR) is 58.1 cm³/mol. The number of benzene rings is 1. The van der Waals surface area contributed by atoms with Crippen LogP contribution in [-0.2, 0) is 12.8 Å². The van der Waals surface area contributed by atoms with Crippen molar-refractivity contribution in [1.29, 1.82) is 0 Å². The zero-order valence-corrected chi connectivity index (χ0v) is 8.81. The summed E-state index contributed by atoms with van der Waals surface area (Å²) < 4.78 is 0. The first-order valence-electron chi connectivity index (χ1n) is 5.08. The van der Waals surface area contributed by atoms with Gasteiger partial charge in [0.15, 0.2) is 0 Å². The van der Waals surface area contributed by atoms with Crippen LogP contribution in [0.2, 0.25) is 5.02 Å². The van der Waals surface area contributed by atoms with E-state index in [0.29, 0.717) is 5.02 Å². The highest BCUT2D eigenvalue weighted by atomic mass is 35.5. The van der Waals surface area contributed by atoms with E-state index in [1.807, 2.05) is 6.07 Å². The molecule has 0 amide bonds. The Hall–Kier alpha value is -0.820. The fourth-order valence-corrected chi connectivity index (χ4v) is 2.39. The lowest BCUT2D eigenvalue weighted by atomic mass is 9.98. The van der Waals surface area contributed by atoms with Crippen molar-refractivity contribution in [2.24, 2.45) is 0 Å². The van der Waals surface area contributed by atoms with E-state index in [0.717, 1.165) is 24.7 Å². The molecule has 2 heteroatoms. The smallest absolute Gasteiger partial charge is 0.150 e. The Morgan fingerprint density at radius 1 is 1.14 bits per heavy atom. The predicted octanol–water partition coefficient (Wildman–Crippen LogP) is 3.42. The van der Waals surface area contributed by atoms with Crippen LogP contribution >= 0.6 is 11.6 Å². The maximum Gasteiger partial charge on any atom is 0.150 e. The zero-order chi connectivity index (χ0) is 9.97. The van der Waals surface area contributed by atoms with Crippen molar-refractivity contribution in [3.8, 4) is 0 Å². The molecule has 0 unspecified atom stereocenters. The van der Waals surface area contributed by atoms with Crippen LogP contribution in [0.3, 0.4) is 0 Å². The van der Waals surface area contributed by atoms with Crippen LogP contribution in [0, 0.1) is 0 Å². The molecule has 1 aliphatic rings. The minimum Gasteiger partial charge on any atom is -0.298 e. The molecule has 0 fully saturated rings. The third-order valence-corrected chi connectivity index (χ3v) is 3.06. The van der Waals surface area contributed by atoms with Gasteiger partial charge >= 0.3 is 0 Å². The number of aryl methyl sites for hydroxylation is 1. The number of hydrogen-bond donors (Lipinski definition) is 0. The van der Waals surface area contributed by atoms with E-state index in [2.05, 4.69) is 0 Å². The van der Waals surface area contributed by atoms with E-state index in [1.165, 1.54) is 30.4 Å². The Balaban J connectivity index is 2.51. The maximum atomic E-state index is 10.9. The molecule has 0 atom stereocenters. The molecule has 1 nitrogen and oxygen atoms in total. The van der Waals surface area contributed by atoms with E-state index in [-0.39, 0.29) is 0 Å². The van der Waals surface area contributed by atoms with Gasteiger partial charge in [-0.2, -0.15) is 0 Å². The molecule has 0 bridgehead atoms. The zero-order valence-electron chi connectivity index (χ0n) is 8.05. The Labute approximate surface area is 89.1 Å². The highest BCUT2D eigenvalue weighted by Gasteiger charge is 2.12. The number of carbonyl (C=O) groups is 1. The molecule has 0 N–H and O–H groups in total. The van der Waals surface area contributed by atoms with Gasteiger partial charge in [0.1, 0.15) is 6.29 Å². The van der Waals surface area contributed by atoms with Gasteiger partial charge in [0.2, 0.25) is 0 Å². The number of halogens is 1. The Kier molecular flexibility index (Phi) is 2.87. The summed E-state index contributed by atoms with van der Waals surface area (Å²) in [6, 6.07) is 3.79. The molecule has 1 aromatic rings. The van der Waals surface area contributed by atoms with Crippen molar-refractivity contribution in [2.75, 3.05) is 0 Å². The van der Waals surface area contributed by atoms with Crippen molar-refractivity contribution in [1.82, 2.24) is 0 Å². The minimum absolute atomic E-state index is 0.688. The number of hydrogen-bond acceptors (Lipinski definition) is 1. The van der Waals surface area contributed by atoms with Gasteiger partial charge in [0, 0.05) is 10.6 Å². The highest BCUT2D eigenvalue weighted by Crippen LogP contribution is 2.26. The second kappa shape index (κ2) is 4.14. The molecule has 0 spiro atoms. The van der Waals surface area contributed by atoms with Gasteiger partial charge in [0.05, 0.1) is 0 Å². The Bertz CT molecular complexity index is 358. The van der Waals surface area contributed by atoms with Crippen molar-refractivity contribution in [3.63, 3.8) is 0 Å². The second-order valence-electron chi connectivity index (χ2n) is 3.81. The first-order valence-corrected chi connectivity index (χ1v) is 5.45. The van der Waals surface area contributed by atoms with E-state index < -0.39 is 0 Å². The fraction of sp³-hybridized carbons (Fsp3) is 0.417. The van der Waals surface area contributed by atoms with Crippen molar-refractivity contribution in [2.45, 2.75) is 32.1 Å². The molecule has 1 aromatic carbocycles. The van der Waals surface area contributed by atoms with E-state index >= 15 is 0 Å². The van der Waals surface area contributed by atoms with E-state index in [4.69, 9.17) is 11.6 Å². The lowest BCUT2D eigenvalue weighted by Crippen LogP contribution is -1.97. The Morgan fingerprint density at radius 3 is 2.71 bits per heavy atom. The lowest BCUT2D eigenvalue weighted by molar-refractivity contribution is 0.112. The quantitative estimate of drug-likeness (QED) is 0.511. The van der Waals surface area contributed by atoms with Gasteiger partial charge in [-0.05, 0) is 48.9 Å². The average Bonchev–Trinajstić information content (AvgIpc) is 2.41. The van der Waals surface area contributed by atoms with Gasteiger partial charge in [-0.3, -0.25) is 4.79 Å². The standard InChI is InChI=1S/C12H13ClO/c13-11-6-9-4-2-1-3-5-12(9)10(7-11)8-14/h6-8H,1-5H2. The molecule has 0 aromatic heterocycles. The molecule has 74 valence electrons. The van der Waals surface area contributed by atoms with Crippen LogP contribution in [-0.4, -0.2) is 6.29 Å². The van der Waals surface area contributed by atoms with E-state index in [1.54, 1.807) is 6.07 Å². The first kappa shape index (κ1) is 9.72. The van der Waals surface area contributed by atoms with Gasteiger partial charge in [-0.1, -0.05) is 18.0 Å². The lowest BCUT2D eigenvalue weighted by Gasteiger charge is -2.08. The third kappa shape index (κ3) is 1.83. The summed E-state index contributed by atoms with van der Waals surface area (Å²) in [4.78, 5) is 10.9. The van der Waals surface area contributed by atoms with Gasteiger partial charge in [0.25, 0.3) is 0 Å². The third-order valence-electron chi connectivity index (χ3n) is 2.84. The molecule has 14 heavy (non-hydrogen) atoms. The number of aldehydes is 1. The molecular weight excluding hydrogens is 196 g/mol. The SMILES string of the molecule is O=Cc1cc(Cl)cc2c1CCCCC2. The first-order chi connectivity index (χ1) is 6.81. The monoisotopic (exact) mass is 208 g/mol. The molecule has 2 rings (SSSR count). The molecule has 0 heterocycles. The molecule has 0 saturated carbocycles. The normalized spacial score (nSPS) is 15.8. The summed E-state index contributed by atoms with van der Waals surface area (Å²) in [6.07, 6.45) is 6.68. The summed E-state index contributed by atoms with van der Waals surface area (Å²) in [5.74, 6) is 0. The number of carbonyl (C=O) groups excluding carboxylic acids is 1. The largest absolute Gasteiger partial charge is 0.298 e. The van der Waals surface area contributed by atoms with Crippen molar-refractivity contribution >= 4 is 17.9 Å². The summed E-state index contributed by atoms with van der Waals surface area (Å²) in [5, 5.41) is 0.688. The second-order valence-corrected chi connectivity index (χ2v) is 4.25. The molecule has 0 aliphatic heterocycles. The Morgan fingerprint density at radius 2 is 1.93 bits per heavy atom. The highest BCUT2D eigenvalue weighted by molar-refractivity contribution is 6.31. The van der Waals surface area contributed by atoms with E-state index in [9.17, 15) is 4.79 Å². The summed E-state index contributed by atoms with van der Waals surface area (Å²) in [6.45, 7) is 0. The van der Waals surface area contributed by atoms with Crippen LogP contribution in [0.4, 0.5) is 0 Å². The maximum absolute atomic E-state index is 10.9. The van der Waals surface area contributed by atoms with Gasteiger partial charge in [-0.25, -0.2) is 0 Å². The fourth-order valence-electron chi connectivity index (χ4n) is 2.14. The molecule has 1 aliphatic carbocycles. The molecule has 0 saturated heterocycles. The van der Waals surface area contributed by atoms with Crippen molar-refractivity contribution in [3.05, 3.63) is 33.8 Å². The van der Waals surface area contributed by atoms with Gasteiger partial charge < -0.3 is 0 Å². The number of fused-ring (bicyclic) bond motifs is 1. The van der Waals surface area contributed by atoms with Crippen molar-refractivity contribution < 1.29 is 4.79 Å². The van der Waals surface area contributed by atoms with Crippen LogP contribution in [0.15, 0.2) is 12.1 Å². The van der Waals surface area contributed by atoms with Gasteiger partial charge in [-0.15, -0.1) is 0 Å². The van der Waals surface area contributed by atoms with Crippen LogP contribution in [0.1, 0.15) is 40.7 Å². The summed E-state index contributed by atoms with van der Waals surface area (Å²) in [7, 11) is 0.